The highest BCUT2D eigenvalue weighted by molar-refractivity contribution is 7.21. The molecule has 112 valence electrons. The van der Waals surface area contributed by atoms with Crippen molar-refractivity contribution >= 4 is 33.1 Å². The third-order valence-electron chi connectivity index (χ3n) is 4.24. The molecule has 1 amide bonds. The van der Waals surface area contributed by atoms with Gasteiger partial charge in [-0.2, -0.15) is 5.10 Å². The predicted molar refractivity (Wildman–Crippen MR) is 84.4 cm³/mol. The molecule has 3 heterocycles. The molecule has 1 fully saturated rings. The quantitative estimate of drug-likeness (QED) is 0.871. The molecule has 0 saturated carbocycles. The maximum Gasteiger partial charge on any atom is 0.266 e. The molecule has 6 nitrogen and oxygen atoms in total. The fourth-order valence-electron chi connectivity index (χ4n) is 2.75. The van der Waals surface area contributed by atoms with E-state index in [0.717, 1.165) is 34.4 Å². The number of fused-ring (bicyclic) bond motifs is 1. The van der Waals surface area contributed by atoms with Crippen molar-refractivity contribution in [2.24, 2.45) is 11.7 Å². The molecule has 0 aliphatic carbocycles. The van der Waals surface area contributed by atoms with E-state index in [2.05, 4.69) is 10.2 Å². The second-order valence-corrected chi connectivity index (χ2v) is 6.58. The van der Waals surface area contributed by atoms with Crippen molar-refractivity contribution in [2.75, 3.05) is 25.4 Å². The largest absolute Gasteiger partial charge is 0.397 e. The van der Waals surface area contributed by atoms with Crippen molar-refractivity contribution in [3.63, 3.8) is 0 Å². The monoisotopic (exact) mass is 305 g/mol. The summed E-state index contributed by atoms with van der Waals surface area (Å²) in [5.74, 6) is 0.386. The van der Waals surface area contributed by atoms with Crippen molar-refractivity contribution in [2.45, 2.75) is 20.3 Å². The molecule has 1 atom stereocenters. The van der Waals surface area contributed by atoms with Crippen molar-refractivity contribution in [1.29, 1.82) is 0 Å². The van der Waals surface area contributed by atoms with Gasteiger partial charge in [-0.05, 0) is 38.3 Å². The number of amides is 1. The van der Waals surface area contributed by atoms with Gasteiger partial charge in [-0.3, -0.25) is 4.79 Å². The second kappa shape index (κ2) is 5.23. The van der Waals surface area contributed by atoms with Crippen LogP contribution in [0.25, 0.3) is 10.2 Å². The molecule has 4 N–H and O–H groups in total. The highest BCUT2D eigenvalue weighted by atomic mass is 32.1. The highest BCUT2D eigenvalue weighted by Gasteiger charge is 2.29. The van der Waals surface area contributed by atoms with Gasteiger partial charge in [0.15, 0.2) is 0 Å². The predicted octanol–water partition coefficient (Wildman–Crippen LogP) is 1.31. The van der Waals surface area contributed by atoms with Gasteiger partial charge in [0.05, 0.1) is 11.4 Å². The Morgan fingerprint density at radius 2 is 2.19 bits per heavy atom. The van der Waals surface area contributed by atoms with Gasteiger partial charge in [0, 0.05) is 18.5 Å². The number of thiophene rings is 1. The number of aromatic nitrogens is 2. The molecule has 7 heteroatoms. The van der Waals surface area contributed by atoms with E-state index in [0.29, 0.717) is 29.6 Å². The van der Waals surface area contributed by atoms with Crippen LogP contribution < -0.4 is 11.5 Å². The van der Waals surface area contributed by atoms with Gasteiger partial charge in [0.1, 0.15) is 9.71 Å². The molecule has 0 radical (unpaired) electrons. The summed E-state index contributed by atoms with van der Waals surface area (Å²) in [6.07, 6.45) is 0.963. The van der Waals surface area contributed by atoms with Gasteiger partial charge < -0.3 is 16.4 Å². The molecule has 2 aromatic rings. The SMILES string of the molecule is Cc1nnc2sc(C(=O)N3CCC(CN)C3)c(N)c2c1C. The van der Waals surface area contributed by atoms with E-state index in [1.165, 1.54) is 11.3 Å². The maximum absolute atomic E-state index is 12.7. The van der Waals surface area contributed by atoms with Gasteiger partial charge in [0.2, 0.25) is 0 Å². The van der Waals surface area contributed by atoms with Gasteiger partial charge >= 0.3 is 0 Å². The number of likely N-dealkylation sites (tertiary alicyclic amines) is 1. The van der Waals surface area contributed by atoms with Gasteiger partial charge in [-0.15, -0.1) is 16.4 Å². The summed E-state index contributed by atoms with van der Waals surface area (Å²) in [4.78, 5) is 15.8. The zero-order valence-electron chi connectivity index (χ0n) is 12.2. The lowest BCUT2D eigenvalue weighted by Gasteiger charge is -2.15. The minimum absolute atomic E-state index is 0.0106. The Hall–Kier alpha value is -1.73. The zero-order valence-corrected chi connectivity index (χ0v) is 13.0. The Bertz CT molecular complexity index is 711. The highest BCUT2D eigenvalue weighted by Crippen LogP contribution is 2.36. The summed E-state index contributed by atoms with van der Waals surface area (Å²) >= 11 is 1.33. The summed E-state index contributed by atoms with van der Waals surface area (Å²) in [6.45, 7) is 5.94. The first-order chi connectivity index (χ1) is 10.0. The molecule has 0 aromatic carbocycles. The van der Waals surface area contributed by atoms with E-state index in [4.69, 9.17) is 11.5 Å². The Kier molecular flexibility index (Phi) is 3.54. The van der Waals surface area contributed by atoms with Crippen LogP contribution in [0.2, 0.25) is 0 Å². The van der Waals surface area contributed by atoms with E-state index < -0.39 is 0 Å². The second-order valence-electron chi connectivity index (χ2n) is 5.58. The summed E-state index contributed by atoms with van der Waals surface area (Å²) in [6, 6.07) is 0. The molecule has 1 aliphatic heterocycles. The summed E-state index contributed by atoms with van der Waals surface area (Å²) in [5.41, 5.74) is 14.3. The van der Waals surface area contributed by atoms with Crippen LogP contribution in [-0.2, 0) is 0 Å². The molecule has 0 bridgehead atoms. The van der Waals surface area contributed by atoms with Crippen molar-refractivity contribution in [3.8, 4) is 0 Å². The van der Waals surface area contributed by atoms with E-state index in [1.807, 2.05) is 18.7 Å². The number of anilines is 1. The van der Waals surface area contributed by atoms with E-state index in [1.54, 1.807) is 0 Å². The van der Waals surface area contributed by atoms with Crippen LogP contribution in [0, 0.1) is 19.8 Å². The van der Waals surface area contributed by atoms with Crippen molar-refractivity contribution in [3.05, 3.63) is 16.1 Å². The van der Waals surface area contributed by atoms with Crippen LogP contribution in [0.1, 0.15) is 27.3 Å². The number of nitrogen functional groups attached to an aromatic ring is 1. The normalized spacial score (nSPS) is 18.6. The number of nitrogens with two attached hydrogens (primary N) is 2. The van der Waals surface area contributed by atoms with Crippen LogP contribution in [0.15, 0.2) is 0 Å². The summed E-state index contributed by atoms with van der Waals surface area (Å²) in [7, 11) is 0. The number of hydrogen-bond acceptors (Lipinski definition) is 6. The zero-order chi connectivity index (χ0) is 15.1. The minimum Gasteiger partial charge on any atom is -0.397 e. The number of carbonyl (C=O) groups is 1. The molecular formula is C14H19N5OS. The molecule has 3 rings (SSSR count). The van der Waals surface area contributed by atoms with Gasteiger partial charge in [0.25, 0.3) is 5.91 Å². The van der Waals surface area contributed by atoms with Gasteiger partial charge in [-0.1, -0.05) is 0 Å². The molecular weight excluding hydrogens is 286 g/mol. The first-order valence-electron chi connectivity index (χ1n) is 7.04. The van der Waals surface area contributed by atoms with Crippen molar-refractivity contribution < 1.29 is 4.79 Å². The lowest BCUT2D eigenvalue weighted by Crippen LogP contribution is -2.29. The third kappa shape index (κ3) is 2.26. The Labute approximate surface area is 127 Å². The molecule has 0 spiro atoms. The topological polar surface area (TPSA) is 98.1 Å². The Morgan fingerprint density at radius 1 is 1.43 bits per heavy atom. The maximum atomic E-state index is 12.7. The first kappa shape index (κ1) is 14.2. The van der Waals surface area contributed by atoms with Crippen LogP contribution >= 0.6 is 11.3 Å². The summed E-state index contributed by atoms with van der Waals surface area (Å²) < 4.78 is 0. The average Bonchev–Trinajstić information content (AvgIpc) is 3.07. The fourth-order valence-corrected chi connectivity index (χ4v) is 3.82. The molecule has 1 unspecified atom stereocenters. The van der Waals surface area contributed by atoms with Crippen LogP contribution in [0.5, 0.6) is 0 Å². The fraction of sp³-hybridized carbons (Fsp3) is 0.500. The minimum atomic E-state index is -0.0106. The van der Waals surface area contributed by atoms with Gasteiger partial charge in [-0.25, -0.2) is 0 Å². The number of nitrogens with zero attached hydrogens (tertiary/aromatic N) is 3. The van der Waals surface area contributed by atoms with Crippen LogP contribution in [-0.4, -0.2) is 40.6 Å². The molecule has 1 aliphatic rings. The standard InChI is InChI=1S/C14H19N5OS/c1-7-8(2)17-18-13-10(7)11(16)12(21-13)14(20)19-4-3-9(5-15)6-19/h9H,3-6,15-16H2,1-2H3. The third-order valence-corrected chi connectivity index (χ3v) is 5.31. The average molecular weight is 305 g/mol. The number of carbonyl (C=O) groups excluding carboxylic acids is 1. The first-order valence-corrected chi connectivity index (χ1v) is 7.85. The molecule has 21 heavy (non-hydrogen) atoms. The smallest absolute Gasteiger partial charge is 0.266 e. The number of rotatable bonds is 2. The van der Waals surface area contributed by atoms with E-state index in [9.17, 15) is 4.79 Å². The lowest BCUT2D eigenvalue weighted by molar-refractivity contribution is 0.0793. The lowest BCUT2D eigenvalue weighted by atomic mass is 10.1. The van der Waals surface area contributed by atoms with Crippen LogP contribution in [0.4, 0.5) is 5.69 Å². The molecule has 2 aromatic heterocycles. The molecule has 1 saturated heterocycles. The van der Waals surface area contributed by atoms with E-state index in [-0.39, 0.29) is 5.91 Å². The number of hydrogen-bond donors (Lipinski definition) is 2. The number of aryl methyl sites for hydroxylation is 2. The van der Waals surface area contributed by atoms with Crippen molar-refractivity contribution in [1.82, 2.24) is 15.1 Å². The summed E-state index contributed by atoms with van der Waals surface area (Å²) in [5, 5.41) is 9.13. The Balaban J connectivity index is 2.00. The van der Waals surface area contributed by atoms with Crippen LogP contribution in [0.3, 0.4) is 0 Å². The van der Waals surface area contributed by atoms with E-state index >= 15 is 0 Å². The Morgan fingerprint density at radius 3 is 2.86 bits per heavy atom.